The first-order valence-corrected chi connectivity index (χ1v) is 8.74. The van der Waals surface area contributed by atoms with Crippen molar-refractivity contribution in [1.82, 2.24) is 4.98 Å². The van der Waals surface area contributed by atoms with Crippen molar-refractivity contribution in [1.29, 1.82) is 0 Å². The molecule has 7 heteroatoms. The van der Waals surface area contributed by atoms with E-state index in [-0.39, 0.29) is 0 Å². The Hall–Kier alpha value is -3.19. The van der Waals surface area contributed by atoms with Crippen LogP contribution in [0.5, 0.6) is 5.75 Å². The summed E-state index contributed by atoms with van der Waals surface area (Å²) in [6.45, 7) is 1.40. The highest BCUT2D eigenvalue weighted by atomic mass is 32.1. The molecule has 0 atom stereocenters. The maximum absolute atomic E-state index is 10.4. The number of nitrogens with zero attached hydrogens (tertiary/aromatic N) is 2. The second-order valence-corrected chi connectivity index (χ2v) is 6.26. The number of nitrogens with one attached hydrogen (secondary N) is 1. The number of carboxylic acids is 1. The number of carbonyl (C=O) groups excluding carboxylic acids is 1. The van der Waals surface area contributed by atoms with E-state index in [1.54, 1.807) is 12.1 Å². The summed E-state index contributed by atoms with van der Waals surface area (Å²) >= 11 is 1.48. The number of ether oxygens (including phenoxy) is 1. The first-order valence-electron chi connectivity index (χ1n) is 7.86. The van der Waals surface area contributed by atoms with Crippen molar-refractivity contribution in [3.63, 3.8) is 0 Å². The van der Waals surface area contributed by atoms with Crippen molar-refractivity contribution >= 4 is 28.1 Å². The van der Waals surface area contributed by atoms with Crippen LogP contribution in [-0.4, -0.2) is 23.3 Å². The van der Waals surface area contributed by atoms with Gasteiger partial charge in [0.05, 0.1) is 17.4 Å². The zero-order valence-corrected chi connectivity index (χ0v) is 14.8. The van der Waals surface area contributed by atoms with E-state index in [0.717, 1.165) is 22.5 Å². The first kappa shape index (κ1) is 17.6. The Balaban J connectivity index is 1.63. The van der Waals surface area contributed by atoms with Gasteiger partial charge < -0.3 is 14.6 Å². The highest BCUT2D eigenvalue weighted by Crippen LogP contribution is 2.24. The van der Waals surface area contributed by atoms with Gasteiger partial charge in [-0.2, -0.15) is 5.10 Å². The monoisotopic (exact) mass is 366 g/mol. The standard InChI is InChI=1S/C19H17N3O3S/c1-13(14-7-9-16(10-8-14)25-11-18(23)24)21-22-19-20-17(12-26-19)15-5-3-2-4-6-15/h2-10,12H,11H2,1H3,(H,20,22)(H,23,24)/p-1/b21-13-. The van der Waals surface area contributed by atoms with Crippen LogP contribution in [0.2, 0.25) is 0 Å². The summed E-state index contributed by atoms with van der Waals surface area (Å²) in [7, 11) is 0. The van der Waals surface area contributed by atoms with Crippen molar-refractivity contribution < 1.29 is 14.6 Å². The lowest BCUT2D eigenvalue weighted by atomic mass is 10.1. The quantitative estimate of drug-likeness (QED) is 0.513. The molecule has 0 aliphatic rings. The number of benzene rings is 2. The predicted octanol–water partition coefficient (Wildman–Crippen LogP) is 2.77. The third-order valence-electron chi connectivity index (χ3n) is 3.52. The van der Waals surface area contributed by atoms with Crippen LogP contribution in [-0.2, 0) is 4.79 Å². The minimum atomic E-state index is -1.26. The smallest absolute Gasteiger partial charge is 0.203 e. The molecule has 0 saturated heterocycles. The Morgan fingerprint density at radius 2 is 1.92 bits per heavy atom. The largest absolute Gasteiger partial charge is 0.546 e. The molecule has 0 fully saturated rings. The highest BCUT2D eigenvalue weighted by Gasteiger charge is 2.04. The Morgan fingerprint density at radius 3 is 2.62 bits per heavy atom. The molecular formula is C19H16N3O3S-. The molecule has 3 aromatic rings. The Bertz CT molecular complexity index is 905. The van der Waals surface area contributed by atoms with Gasteiger partial charge in [-0.15, -0.1) is 11.3 Å². The number of rotatable bonds is 7. The van der Waals surface area contributed by atoms with Crippen molar-refractivity contribution in [2.45, 2.75) is 6.92 Å². The maximum Gasteiger partial charge on any atom is 0.203 e. The molecule has 3 rings (SSSR count). The molecule has 1 aromatic heterocycles. The van der Waals surface area contributed by atoms with Crippen molar-refractivity contribution in [2.75, 3.05) is 12.0 Å². The van der Waals surface area contributed by atoms with Gasteiger partial charge in [0.15, 0.2) is 0 Å². The molecule has 0 amide bonds. The maximum atomic E-state index is 10.4. The first-order chi connectivity index (χ1) is 12.6. The molecular weight excluding hydrogens is 350 g/mol. The van der Waals surface area contributed by atoms with E-state index in [9.17, 15) is 9.90 Å². The van der Waals surface area contributed by atoms with Crippen LogP contribution in [0, 0.1) is 0 Å². The fraction of sp³-hybridized carbons (Fsp3) is 0.105. The fourth-order valence-corrected chi connectivity index (χ4v) is 2.86. The van der Waals surface area contributed by atoms with Crippen LogP contribution >= 0.6 is 11.3 Å². The normalized spacial score (nSPS) is 11.2. The predicted molar refractivity (Wildman–Crippen MR) is 100 cm³/mol. The van der Waals surface area contributed by atoms with Crippen molar-refractivity contribution in [3.05, 3.63) is 65.5 Å². The number of hydrazone groups is 1. The van der Waals surface area contributed by atoms with E-state index >= 15 is 0 Å². The lowest BCUT2D eigenvalue weighted by molar-refractivity contribution is -0.307. The van der Waals surface area contributed by atoms with Crippen molar-refractivity contribution in [3.8, 4) is 17.0 Å². The number of anilines is 1. The number of hydrogen-bond acceptors (Lipinski definition) is 7. The second-order valence-electron chi connectivity index (χ2n) is 5.40. The van der Waals surface area contributed by atoms with Gasteiger partial charge in [0.2, 0.25) is 5.13 Å². The van der Waals surface area contributed by atoms with Gasteiger partial charge in [0.1, 0.15) is 12.4 Å². The summed E-state index contributed by atoms with van der Waals surface area (Å²) in [5.74, 6) is -0.791. The Kier molecular flexibility index (Phi) is 5.60. The summed E-state index contributed by atoms with van der Waals surface area (Å²) in [5.41, 5.74) is 6.59. The third-order valence-corrected chi connectivity index (χ3v) is 4.27. The highest BCUT2D eigenvalue weighted by molar-refractivity contribution is 7.14. The Morgan fingerprint density at radius 1 is 1.19 bits per heavy atom. The van der Waals surface area contributed by atoms with Gasteiger partial charge in [-0.3, -0.25) is 5.43 Å². The zero-order chi connectivity index (χ0) is 18.4. The van der Waals surface area contributed by atoms with Gasteiger partial charge >= 0.3 is 0 Å². The number of hydrogen-bond donors (Lipinski definition) is 1. The molecule has 0 saturated carbocycles. The minimum absolute atomic E-state index is 0.464. The average Bonchev–Trinajstić information content (AvgIpc) is 3.14. The molecule has 2 aromatic carbocycles. The Labute approximate surface area is 154 Å². The minimum Gasteiger partial charge on any atom is -0.546 e. The molecule has 0 spiro atoms. The summed E-state index contributed by atoms with van der Waals surface area (Å²) in [6, 6.07) is 16.9. The van der Waals surface area contributed by atoms with Crippen LogP contribution in [0.3, 0.4) is 0 Å². The van der Waals surface area contributed by atoms with Crippen molar-refractivity contribution in [2.24, 2.45) is 5.10 Å². The molecule has 1 heterocycles. The molecule has 6 nitrogen and oxygen atoms in total. The molecule has 0 aliphatic heterocycles. The van der Waals surface area contributed by atoms with Gasteiger partial charge in [0, 0.05) is 10.9 Å². The van der Waals surface area contributed by atoms with E-state index < -0.39 is 12.6 Å². The van der Waals surface area contributed by atoms with E-state index in [0.29, 0.717) is 10.9 Å². The van der Waals surface area contributed by atoms with Crippen LogP contribution in [0.4, 0.5) is 5.13 Å². The van der Waals surface area contributed by atoms with Crippen LogP contribution in [0.1, 0.15) is 12.5 Å². The van der Waals surface area contributed by atoms with E-state index in [2.05, 4.69) is 15.5 Å². The van der Waals surface area contributed by atoms with Gasteiger partial charge in [-0.25, -0.2) is 4.98 Å². The topological polar surface area (TPSA) is 86.6 Å². The van der Waals surface area contributed by atoms with E-state index in [1.165, 1.54) is 11.3 Å². The number of aromatic nitrogens is 1. The molecule has 132 valence electrons. The van der Waals surface area contributed by atoms with E-state index in [4.69, 9.17) is 4.74 Å². The van der Waals surface area contributed by atoms with E-state index in [1.807, 2.05) is 54.8 Å². The third kappa shape index (κ3) is 4.67. The van der Waals surface area contributed by atoms with Crippen LogP contribution in [0.25, 0.3) is 11.3 Å². The molecule has 0 aliphatic carbocycles. The zero-order valence-electron chi connectivity index (χ0n) is 14.0. The van der Waals surface area contributed by atoms with Crippen LogP contribution < -0.4 is 15.3 Å². The number of aliphatic carboxylic acids is 1. The van der Waals surface area contributed by atoms with Gasteiger partial charge in [-0.1, -0.05) is 30.3 Å². The summed E-state index contributed by atoms with van der Waals surface area (Å²) < 4.78 is 5.05. The molecule has 0 radical (unpaired) electrons. The van der Waals surface area contributed by atoms with Crippen LogP contribution in [0.15, 0.2) is 65.1 Å². The molecule has 26 heavy (non-hydrogen) atoms. The average molecular weight is 366 g/mol. The van der Waals surface area contributed by atoms with Gasteiger partial charge in [0.25, 0.3) is 0 Å². The SMILES string of the molecule is C/C(=N/Nc1nc(-c2ccccc2)cs1)c1ccc(OCC(=O)[O-])cc1. The molecule has 0 bridgehead atoms. The summed E-state index contributed by atoms with van der Waals surface area (Å²) in [6.07, 6.45) is 0. The molecule has 1 N–H and O–H groups in total. The summed E-state index contributed by atoms with van der Waals surface area (Å²) in [4.78, 5) is 14.9. The number of carbonyl (C=O) groups is 1. The second kappa shape index (κ2) is 8.26. The number of carboxylic acid groups (broad SMARTS) is 1. The lowest BCUT2D eigenvalue weighted by Gasteiger charge is -2.07. The number of thiazole rings is 1. The summed E-state index contributed by atoms with van der Waals surface area (Å²) in [5, 5.41) is 17.4. The fourth-order valence-electron chi connectivity index (χ4n) is 2.20. The lowest BCUT2D eigenvalue weighted by Crippen LogP contribution is -2.28. The molecule has 0 unspecified atom stereocenters. The van der Waals surface area contributed by atoms with Gasteiger partial charge in [-0.05, 0) is 36.8 Å².